The number of rotatable bonds is 4. The van der Waals surface area contributed by atoms with Crippen LogP contribution in [-0.2, 0) is 6.54 Å². The molecule has 7 nitrogen and oxygen atoms in total. The first-order valence-electron chi connectivity index (χ1n) is 5.46. The molecule has 0 aromatic carbocycles. The number of anilines is 1. The van der Waals surface area contributed by atoms with Crippen LogP contribution in [0, 0.1) is 6.92 Å². The molecule has 2 N–H and O–H groups in total. The fourth-order valence-corrected chi connectivity index (χ4v) is 2.23. The smallest absolute Gasteiger partial charge is 0.328 e. The molecule has 0 radical (unpaired) electrons. The van der Waals surface area contributed by atoms with Gasteiger partial charge < -0.3 is 5.32 Å². The van der Waals surface area contributed by atoms with Gasteiger partial charge in [-0.25, -0.2) is 4.79 Å². The summed E-state index contributed by atoms with van der Waals surface area (Å²) in [7, 11) is 0. The van der Waals surface area contributed by atoms with E-state index < -0.39 is 5.69 Å². The van der Waals surface area contributed by atoms with Crippen LogP contribution >= 0.6 is 11.3 Å². The van der Waals surface area contributed by atoms with Crippen LogP contribution in [-0.4, -0.2) is 26.3 Å². The zero-order valence-electron chi connectivity index (χ0n) is 10.1. The van der Waals surface area contributed by atoms with Crippen LogP contribution < -0.4 is 16.6 Å². The van der Waals surface area contributed by atoms with Crippen LogP contribution in [0.3, 0.4) is 0 Å². The van der Waals surface area contributed by atoms with Crippen molar-refractivity contribution < 1.29 is 0 Å². The van der Waals surface area contributed by atoms with E-state index in [2.05, 4.69) is 20.5 Å². The van der Waals surface area contributed by atoms with Crippen molar-refractivity contribution in [3.05, 3.63) is 37.6 Å². The second kappa shape index (κ2) is 5.13. The molecule has 96 valence electrons. The minimum atomic E-state index is -0.439. The predicted octanol–water partition coefficient (Wildman–Crippen LogP) is 0.177. The molecule has 0 atom stereocenters. The number of hydrogen-bond donors (Lipinski definition) is 2. The Hall–Kier alpha value is -1.96. The summed E-state index contributed by atoms with van der Waals surface area (Å²) < 4.78 is 1.41. The minimum Gasteiger partial charge on any atom is -0.360 e. The number of nitrogens with one attached hydrogen (secondary N) is 2. The summed E-state index contributed by atoms with van der Waals surface area (Å²) in [5.41, 5.74) is -0.307. The predicted molar refractivity (Wildman–Crippen MR) is 69.2 cm³/mol. The summed E-state index contributed by atoms with van der Waals surface area (Å²) in [6.45, 7) is 4.70. The third kappa shape index (κ3) is 2.65. The van der Waals surface area contributed by atoms with Crippen LogP contribution in [0.4, 0.5) is 5.13 Å². The molecule has 0 unspecified atom stereocenters. The van der Waals surface area contributed by atoms with Crippen LogP contribution in [0.5, 0.6) is 0 Å². The average Bonchev–Trinajstić information content (AvgIpc) is 2.74. The molecule has 0 aliphatic carbocycles. The van der Waals surface area contributed by atoms with Gasteiger partial charge in [-0.15, -0.1) is 10.2 Å². The molecule has 0 amide bonds. The van der Waals surface area contributed by atoms with Crippen LogP contribution in [0.1, 0.15) is 17.5 Å². The van der Waals surface area contributed by atoms with Gasteiger partial charge in [0, 0.05) is 18.3 Å². The monoisotopic (exact) mass is 267 g/mol. The van der Waals surface area contributed by atoms with E-state index in [4.69, 9.17) is 0 Å². The number of aryl methyl sites for hydroxylation is 1. The second-order valence-electron chi connectivity index (χ2n) is 3.73. The van der Waals surface area contributed by atoms with E-state index in [0.717, 1.165) is 11.7 Å². The maximum atomic E-state index is 11.6. The average molecular weight is 267 g/mol. The highest BCUT2D eigenvalue weighted by Gasteiger charge is 2.06. The van der Waals surface area contributed by atoms with Gasteiger partial charge in [0.05, 0.1) is 6.54 Å². The van der Waals surface area contributed by atoms with E-state index in [1.807, 2.05) is 6.92 Å². The highest BCUT2D eigenvalue weighted by Crippen LogP contribution is 2.15. The van der Waals surface area contributed by atoms with Crippen molar-refractivity contribution in [2.75, 3.05) is 11.9 Å². The van der Waals surface area contributed by atoms with Crippen molar-refractivity contribution in [2.45, 2.75) is 20.4 Å². The van der Waals surface area contributed by atoms with Crippen molar-refractivity contribution in [1.29, 1.82) is 0 Å². The topological polar surface area (TPSA) is 92.7 Å². The van der Waals surface area contributed by atoms with Gasteiger partial charge >= 0.3 is 5.69 Å². The molecule has 0 fully saturated rings. The summed E-state index contributed by atoms with van der Waals surface area (Å²) >= 11 is 1.39. The first kappa shape index (κ1) is 12.5. The van der Waals surface area contributed by atoms with E-state index in [9.17, 15) is 9.59 Å². The van der Waals surface area contributed by atoms with Crippen molar-refractivity contribution in [2.24, 2.45) is 0 Å². The van der Waals surface area contributed by atoms with E-state index >= 15 is 0 Å². The maximum Gasteiger partial charge on any atom is 0.328 e. The van der Waals surface area contributed by atoms with Gasteiger partial charge in [0.15, 0.2) is 0 Å². The Morgan fingerprint density at radius 3 is 2.94 bits per heavy atom. The zero-order chi connectivity index (χ0) is 13.1. The van der Waals surface area contributed by atoms with Gasteiger partial charge in [-0.1, -0.05) is 11.3 Å². The molecule has 2 aromatic heterocycles. The molecule has 0 saturated carbocycles. The van der Waals surface area contributed by atoms with Gasteiger partial charge in [0.1, 0.15) is 5.01 Å². The summed E-state index contributed by atoms with van der Waals surface area (Å²) in [5.74, 6) is 0. The molecule has 2 heterocycles. The third-order valence-electron chi connectivity index (χ3n) is 2.29. The number of aromatic amines is 1. The molecule has 0 aliphatic rings. The Bertz CT molecular complexity index is 657. The third-order valence-corrected chi connectivity index (χ3v) is 3.16. The van der Waals surface area contributed by atoms with Crippen molar-refractivity contribution in [1.82, 2.24) is 19.7 Å². The molecule has 2 aromatic rings. The highest BCUT2D eigenvalue weighted by molar-refractivity contribution is 7.15. The Morgan fingerprint density at radius 2 is 2.22 bits per heavy atom. The van der Waals surface area contributed by atoms with Gasteiger partial charge in [-0.3, -0.25) is 14.3 Å². The lowest BCUT2D eigenvalue weighted by Gasteiger charge is -2.02. The van der Waals surface area contributed by atoms with E-state index in [1.165, 1.54) is 22.1 Å². The molecule has 18 heavy (non-hydrogen) atoms. The number of aromatic nitrogens is 4. The number of H-pyrrole nitrogens is 1. The summed E-state index contributed by atoms with van der Waals surface area (Å²) in [6, 6.07) is 0. The lowest BCUT2D eigenvalue weighted by atomic mass is 10.4. The van der Waals surface area contributed by atoms with Crippen molar-refractivity contribution >= 4 is 16.5 Å². The fraction of sp³-hybridized carbons (Fsp3) is 0.400. The highest BCUT2D eigenvalue weighted by atomic mass is 32.1. The molecule has 8 heteroatoms. The number of nitrogens with zero attached hydrogens (tertiary/aromatic N) is 3. The summed E-state index contributed by atoms with van der Waals surface area (Å²) in [6.07, 6.45) is 1.52. The second-order valence-corrected chi connectivity index (χ2v) is 4.79. The lowest BCUT2D eigenvalue weighted by Crippen LogP contribution is -2.31. The van der Waals surface area contributed by atoms with Gasteiger partial charge in [0.2, 0.25) is 5.13 Å². The molecule has 0 bridgehead atoms. The van der Waals surface area contributed by atoms with Gasteiger partial charge in [-0.2, -0.15) is 0 Å². The number of hydrogen-bond acceptors (Lipinski definition) is 6. The molecule has 0 aliphatic heterocycles. The van der Waals surface area contributed by atoms with E-state index in [-0.39, 0.29) is 5.56 Å². The molecule has 0 spiro atoms. The van der Waals surface area contributed by atoms with Crippen LogP contribution in [0.2, 0.25) is 0 Å². The van der Waals surface area contributed by atoms with Crippen molar-refractivity contribution in [3.8, 4) is 0 Å². The van der Waals surface area contributed by atoms with Crippen LogP contribution in [0.25, 0.3) is 0 Å². The first-order valence-corrected chi connectivity index (χ1v) is 6.28. The molecular weight excluding hydrogens is 254 g/mol. The standard InChI is InChI=1S/C10H13N5O2S/c1-3-11-9-14-13-7(18-9)5-15-4-6(2)8(16)12-10(15)17/h4H,3,5H2,1-2H3,(H,11,14)(H,12,16,17). The quantitative estimate of drug-likeness (QED) is 0.824. The Kier molecular flexibility index (Phi) is 3.56. The van der Waals surface area contributed by atoms with Gasteiger partial charge in [-0.05, 0) is 13.8 Å². The molecule has 0 saturated heterocycles. The Labute approximate surface area is 107 Å². The lowest BCUT2D eigenvalue weighted by molar-refractivity contribution is 0.703. The van der Waals surface area contributed by atoms with Crippen LogP contribution in [0.15, 0.2) is 15.8 Å². The maximum absolute atomic E-state index is 11.6. The SMILES string of the molecule is CCNc1nnc(Cn2cc(C)c(=O)[nH]c2=O)s1. The Balaban J connectivity index is 2.25. The largest absolute Gasteiger partial charge is 0.360 e. The molecule has 2 rings (SSSR count). The summed E-state index contributed by atoms with van der Waals surface area (Å²) in [4.78, 5) is 25.1. The Morgan fingerprint density at radius 1 is 1.44 bits per heavy atom. The normalized spacial score (nSPS) is 10.6. The van der Waals surface area contributed by atoms with Gasteiger partial charge in [0.25, 0.3) is 5.56 Å². The van der Waals surface area contributed by atoms with E-state index in [1.54, 1.807) is 6.92 Å². The fourth-order valence-electron chi connectivity index (χ4n) is 1.42. The summed E-state index contributed by atoms with van der Waals surface area (Å²) in [5, 5.41) is 12.4. The first-order chi connectivity index (χ1) is 8.60. The van der Waals surface area contributed by atoms with E-state index in [0.29, 0.717) is 17.1 Å². The zero-order valence-corrected chi connectivity index (χ0v) is 10.9. The minimum absolute atomic E-state index is 0.305. The van der Waals surface area contributed by atoms with Crippen molar-refractivity contribution in [3.63, 3.8) is 0 Å². The molecular formula is C10H13N5O2S.